The average Bonchev–Trinajstić information content (AvgIpc) is 3.69. The van der Waals surface area contributed by atoms with Gasteiger partial charge in [-0.2, -0.15) is 0 Å². The minimum atomic E-state index is 0.691. The second kappa shape index (κ2) is 7.11. The highest BCUT2D eigenvalue weighted by Crippen LogP contribution is 2.40. The highest BCUT2D eigenvalue weighted by atomic mass is 16.3. The molecule has 0 bridgehead atoms. The Morgan fingerprint density at radius 2 is 0.842 bits per heavy atom. The van der Waals surface area contributed by atoms with E-state index < -0.39 is 0 Å². The average molecular weight is 491 g/mol. The summed E-state index contributed by atoms with van der Waals surface area (Å²) in [5, 5.41) is 6.60. The summed E-state index contributed by atoms with van der Waals surface area (Å²) in [4.78, 5) is 9.79. The van der Waals surface area contributed by atoms with E-state index in [9.17, 15) is 0 Å². The van der Waals surface area contributed by atoms with Crippen molar-refractivity contribution in [2.75, 3.05) is 0 Å². The fourth-order valence-electron chi connectivity index (χ4n) is 5.88. The van der Waals surface area contributed by atoms with Gasteiger partial charge in [-0.15, -0.1) is 0 Å². The topological polar surface area (TPSA) is 61.9 Å². The minimum Gasteiger partial charge on any atom is -0.439 e. The zero-order valence-corrected chi connectivity index (χ0v) is 20.0. The SMILES string of the molecule is c1ccc2c(c1)oc1c2c2ccccc2n1-c1cnc(-n2c3ccccc3c3c4ccccc4oc32)cn1. The molecule has 0 spiro atoms. The summed E-state index contributed by atoms with van der Waals surface area (Å²) in [5.74, 6) is 1.38. The van der Waals surface area contributed by atoms with E-state index in [-0.39, 0.29) is 0 Å². The second-order valence-electron chi connectivity index (χ2n) is 9.49. The number of hydrogen-bond donors (Lipinski definition) is 0. The summed E-state index contributed by atoms with van der Waals surface area (Å²) < 4.78 is 16.8. The molecule has 0 saturated carbocycles. The maximum absolute atomic E-state index is 6.35. The van der Waals surface area contributed by atoms with Crippen LogP contribution in [0.5, 0.6) is 0 Å². The Bertz CT molecular complexity index is 2180. The van der Waals surface area contributed by atoms with Gasteiger partial charge in [0.2, 0.25) is 11.4 Å². The van der Waals surface area contributed by atoms with E-state index in [4.69, 9.17) is 18.8 Å². The lowest BCUT2D eigenvalue weighted by Gasteiger charge is -2.08. The number of para-hydroxylation sites is 4. The van der Waals surface area contributed by atoms with Crippen molar-refractivity contribution in [2.24, 2.45) is 0 Å². The van der Waals surface area contributed by atoms with Gasteiger partial charge in [0.15, 0.2) is 11.6 Å². The predicted molar refractivity (Wildman–Crippen MR) is 150 cm³/mol. The molecule has 0 aliphatic carbocycles. The van der Waals surface area contributed by atoms with Crippen molar-refractivity contribution < 1.29 is 8.83 Å². The van der Waals surface area contributed by atoms with Crippen LogP contribution >= 0.6 is 0 Å². The van der Waals surface area contributed by atoms with Crippen LogP contribution in [0.15, 0.2) is 118 Å². The van der Waals surface area contributed by atoms with E-state index >= 15 is 0 Å². The van der Waals surface area contributed by atoms with Crippen molar-refractivity contribution in [3.05, 3.63) is 109 Å². The van der Waals surface area contributed by atoms with Gasteiger partial charge in [0.05, 0.1) is 34.2 Å². The Balaban J connectivity index is 1.30. The van der Waals surface area contributed by atoms with Gasteiger partial charge in [-0.05, 0) is 24.3 Å². The first-order valence-electron chi connectivity index (χ1n) is 12.5. The van der Waals surface area contributed by atoms with Gasteiger partial charge < -0.3 is 8.83 Å². The molecule has 0 unspecified atom stereocenters. The van der Waals surface area contributed by atoms with Gasteiger partial charge in [-0.3, -0.25) is 9.13 Å². The second-order valence-corrected chi connectivity index (χ2v) is 9.49. The van der Waals surface area contributed by atoms with E-state index in [2.05, 4.69) is 48.5 Å². The van der Waals surface area contributed by atoms with Crippen LogP contribution in [-0.4, -0.2) is 19.1 Å². The number of nitrogens with zero attached hydrogens (tertiary/aromatic N) is 4. The fraction of sp³-hybridized carbons (Fsp3) is 0. The number of fused-ring (bicyclic) bond motifs is 10. The summed E-state index contributed by atoms with van der Waals surface area (Å²) in [5.41, 5.74) is 5.29. The zero-order chi connectivity index (χ0) is 24.8. The Kier molecular flexibility index (Phi) is 3.70. The summed E-state index contributed by atoms with van der Waals surface area (Å²) in [7, 11) is 0. The standard InChI is InChI=1S/C32H18N4O2/c1-5-13-23-19(9-1)29-21-11-3-7-15-25(21)37-31(29)35(23)27-17-34-28(18-33-27)36-24-14-6-2-10-20(24)30-22-12-4-8-16-26(22)38-32(30)36/h1-18H. The van der Waals surface area contributed by atoms with Crippen LogP contribution in [0.2, 0.25) is 0 Å². The van der Waals surface area contributed by atoms with Crippen LogP contribution in [0.25, 0.3) is 77.6 Å². The number of benzene rings is 4. The summed E-state index contributed by atoms with van der Waals surface area (Å²) in [6, 6.07) is 32.9. The van der Waals surface area contributed by atoms with Crippen LogP contribution in [0.3, 0.4) is 0 Å². The van der Waals surface area contributed by atoms with Gasteiger partial charge in [-0.1, -0.05) is 72.8 Å². The number of furan rings is 2. The summed E-state index contributed by atoms with van der Waals surface area (Å²) in [6.45, 7) is 0. The van der Waals surface area contributed by atoms with E-state index in [0.29, 0.717) is 11.6 Å². The van der Waals surface area contributed by atoms with Crippen LogP contribution in [-0.2, 0) is 0 Å². The Morgan fingerprint density at radius 3 is 1.29 bits per heavy atom. The van der Waals surface area contributed by atoms with Crippen LogP contribution in [0, 0.1) is 0 Å². The van der Waals surface area contributed by atoms with Gasteiger partial charge in [0.25, 0.3) is 0 Å². The van der Waals surface area contributed by atoms with Gasteiger partial charge in [0.1, 0.15) is 11.2 Å². The van der Waals surface area contributed by atoms with Gasteiger partial charge in [0, 0.05) is 21.5 Å². The molecule has 0 saturated heterocycles. The van der Waals surface area contributed by atoms with E-state index in [1.807, 2.05) is 57.7 Å². The molecule has 5 aromatic heterocycles. The van der Waals surface area contributed by atoms with Crippen LogP contribution in [0.4, 0.5) is 0 Å². The molecule has 0 radical (unpaired) electrons. The molecule has 0 aliphatic rings. The molecular formula is C32H18N4O2. The maximum Gasteiger partial charge on any atom is 0.215 e. The van der Waals surface area contributed by atoms with Crippen molar-refractivity contribution in [3.8, 4) is 11.6 Å². The largest absolute Gasteiger partial charge is 0.439 e. The van der Waals surface area contributed by atoms with Gasteiger partial charge in [-0.25, -0.2) is 9.97 Å². The first kappa shape index (κ1) is 19.8. The number of hydrogen-bond acceptors (Lipinski definition) is 4. The first-order chi connectivity index (χ1) is 18.9. The third-order valence-electron chi connectivity index (χ3n) is 7.47. The third-order valence-corrected chi connectivity index (χ3v) is 7.47. The van der Waals surface area contributed by atoms with E-state index in [0.717, 1.165) is 65.9 Å². The van der Waals surface area contributed by atoms with Crippen molar-refractivity contribution >= 4 is 65.9 Å². The molecule has 6 heteroatoms. The maximum atomic E-state index is 6.35. The van der Waals surface area contributed by atoms with Crippen molar-refractivity contribution in [1.29, 1.82) is 0 Å². The molecule has 9 rings (SSSR count). The molecule has 4 aromatic carbocycles. The quantitative estimate of drug-likeness (QED) is 0.245. The Morgan fingerprint density at radius 1 is 0.447 bits per heavy atom. The van der Waals surface area contributed by atoms with E-state index in [1.165, 1.54) is 0 Å². The van der Waals surface area contributed by atoms with Crippen LogP contribution in [0.1, 0.15) is 0 Å². The van der Waals surface area contributed by atoms with Gasteiger partial charge >= 0.3 is 0 Å². The molecular weight excluding hydrogens is 472 g/mol. The summed E-state index contributed by atoms with van der Waals surface area (Å²) >= 11 is 0. The Hall–Kier alpha value is -5.36. The zero-order valence-electron chi connectivity index (χ0n) is 20.0. The predicted octanol–water partition coefficient (Wildman–Crippen LogP) is 8.16. The minimum absolute atomic E-state index is 0.691. The normalized spacial score (nSPS) is 12.2. The molecule has 38 heavy (non-hydrogen) atoms. The number of rotatable bonds is 2. The first-order valence-corrected chi connectivity index (χ1v) is 12.5. The molecule has 0 fully saturated rings. The molecule has 178 valence electrons. The van der Waals surface area contributed by atoms with Crippen LogP contribution < -0.4 is 0 Å². The highest BCUT2D eigenvalue weighted by Gasteiger charge is 2.22. The molecule has 0 atom stereocenters. The molecule has 9 aromatic rings. The van der Waals surface area contributed by atoms with Crippen molar-refractivity contribution in [1.82, 2.24) is 19.1 Å². The lowest BCUT2D eigenvalue weighted by atomic mass is 10.1. The Labute approximate surface area is 215 Å². The van der Waals surface area contributed by atoms with E-state index in [1.54, 1.807) is 12.4 Å². The monoisotopic (exact) mass is 490 g/mol. The highest BCUT2D eigenvalue weighted by molar-refractivity contribution is 6.20. The lowest BCUT2D eigenvalue weighted by Crippen LogP contribution is -2.02. The van der Waals surface area contributed by atoms with Crippen molar-refractivity contribution in [3.63, 3.8) is 0 Å². The fourth-order valence-corrected chi connectivity index (χ4v) is 5.88. The lowest BCUT2D eigenvalue weighted by molar-refractivity contribution is 0.640. The number of aromatic nitrogens is 4. The third kappa shape index (κ3) is 2.46. The molecule has 5 heterocycles. The van der Waals surface area contributed by atoms with Crippen molar-refractivity contribution in [2.45, 2.75) is 0 Å². The molecule has 0 aliphatic heterocycles. The smallest absolute Gasteiger partial charge is 0.215 e. The molecule has 6 nitrogen and oxygen atoms in total. The molecule has 0 amide bonds. The molecule has 0 N–H and O–H groups in total. The summed E-state index contributed by atoms with van der Waals surface area (Å²) in [6.07, 6.45) is 3.61.